The number of thiazole rings is 1. The highest BCUT2D eigenvalue weighted by atomic mass is 32.1. The van der Waals surface area contributed by atoms with Crippen molar-refractivity contribution in [3.8, 4) is 5.69 Å². The van der Waals surface area contributed by atoms with E-state index in [0.29, 0.717) is 16.0 Å². The van der Waals surface area contributed by atoms with Gasteiger partial charge < -0.3 is 16.0 Å². The third-order valence-corrected chi connectivity index (χ3v) is 4.69. The van der Waals surface area contributed by atoms with E-state index in [-0.39, 0.29) is 11.0 Å². The number of carbonyl (C=O) groups excluding carboxylic acids is 1. The zero-order valence-electron chi connectivity index (χ0n) is 12.4. The third kappa shape index (κ3) is 2.14. The molecule has 24 heavy (non-hydrogen) atoms. The second-order valence-electron chi connectivity index (χ2n) is 5.33. The number of nitrogens with zero attached hydrogens (tertiary/aromatic N) is 2. The first-order chi connectivity index (χ1) is 11.5. The zero-order chi connectivity index (χ0) is 16.8. The van der Waals surface area contributed by atoms with Crippen LogP contribution in [0.25, 0.3) is 26.8 Å². The molecule has 2 aromatic carbocycles. The highest BCUT2D eigenvalue weighted by Crippen LogP contribution is 2.27. The van der Waals surface area contributed by atoms with Crippen molar-refractivity contribution in [2.45, 2.75) is 0 Å². The predicted molar refractivity (Wildman–Crippen MR) is 95.7 cm³/mol. The Hall–Kier alpha value is -3.19. The van der Waals surface area contributed by atoms with Crippen molar-refractivity contribution >= 4 is 43.5 Å². The van der Waals surface area contributed by atoms with Gasteiger partial charge in [0.1, 0.15) is 5.56 Å². The largest absolute Gasteiger partial charge is 0.375 e. The molecule has 4 rings (SSSR count). The Labute approximate surface area is 140 Å². The molecule has 118 valence electrons. The Morgan fingerprint density at radius 1 is 1.17 bits per heavy atom. The van der Waals surface area contributed by atoms with Crippen molar-refractivity contribution in [3.05, 3.63) is 64.4 Å². The van der Waals surface area contributed by atoms with Crippen LogP contribution < -0.4 is 16.9 Å². The van der Waals surface area contributed by atoms with Crippen molar-refractivity contribution in [1.82, 2.24) is 9.55 Å². The number of fused-ring (bicyclic) bond motifs is 2. The maximum Gasteiger partial charge on any atom is 0.254 e. The Morgan fingerprint density at radius 2 is 1.96 bits per heavy atom. The minimum atomic E-state index is -0.748. The highest BCUT2D eigenvalue weighted by Gasteiger charge is 2.14. The molecule has 2 aromatic heterocycles. The lowest BCUT2D eigenvalue weighted by Crippen LogP contribution is -2.23. The van der Waals surface area contributed by atoms with Gasteiger partial charge in [-0.25, -0.2) is 4.98 Å². The van der Waals surface area contributed by atoms with Crippen LogP contribution in [0.5, 0.6) is 0 Å². The zero-order valence-corrected chi connectivity index (χ0v) is 13.2. The number of amides is 1. The molecule has 0 aliphatic rings. The smallest absolute Gasteiger partial charge is 0.254 e. The van der Waals surface area contributed by atoms with Crippen LogP contribution in [0.3, 0.4) is 0 Å². The van der Waals surface area contributed by atoms with E-state index in [1.54, 1.807) is 16.7 Å². The molecule has 2 heterocycles. The van der Waals surface area contributed by atoms with Crippen molar-refractivity contribution in [2.24, 2.45) is 5.73 Å². The van der Waals surface area contributed by atoms with E-state index in [1.165, 1.54) is 17.5 Å². The fourth-order valence-electron chi connectivity index (χ4n) is 2.75. The summed E-state index contributed by atoms with van der Waals surface area (Å²) in [6, 6.07) is 12.7. The van der Waals surface area contributed by atoms with Gasteiger partial charge in [0.2, 0.25) is 5.43 Å². The number of anilines is 1. The minimum absolute atomic E-state index is 0.0439. The molecule has 0 unspecified atom stereocenters. The fourth-order valence-corrected chi connectivity index (χ4v) is 3.52. The molecule has 0 aliphatic carbocycles. The first kappa shape index (κ1) is 14.4. The van der Waals surface area contributed by atoms with Gasteiger partial charge in [-0.05, 0) is 30.3 Å². The summed E-state index contributed by atoms with van der Waals surface area (Å²) >= 11 is 1.38. The van der Waals surface area contributed by atoms with Crippen LogP contribution in [0.15, 0.2) is 53.5 Å². The number of rotatable bonds is 2. The van der Waals surface area contributed by atoms with Gasteiger partial charge in [-0.15, -0.1) is 0 Å². The summed E-state index contributed by atoms with van der Waals surface area (Å²) in [6.07, 6.45) is 1.48. The van der Waals surface area contributed by atoms with Gasteiger partial charge in [0.15, 0.2) is 5.13 Å². The molecule has 0 radical (unpaired) electrons. The van der Waals surface area contributed by atoms with Crippen LogP contribution in [-0.4, -0.2) is 15.5 Å². The van der Waals surface area contributed by atoms with E-state index in [0.717, 1.165) is 15.9 Å². The number of nitrogen functional groups attached to an aromatic ring is 1. The summed E-state index contributed by atoms with van der Waals surface area (Å²) in [5.74, 6) is -0.748. The molecule has 6 nitrogen and oxygen atoms in total. The van der Waals surface area contributed by atoms with E-state index in [1.807, 2.05) is 30.3 Å². The van der Waals surface area contributed by atoms with Gasteiger partial charge in [-0.2, -0.15) is 0 Å². The lowest BCUT2D eigenvalue weighted by Gasteiger charge is -2.12. The summed E-state index contributed by atoms with van der Waals surface area (Å²) in [5.41, 5.74) is 13.0. The Morgan fingerprint density at radius 3 is 2.75 bits per heavy atom. The minimum Gasteiger partial charge on any atom is -0.375 e. The number of aromatic nitrogens is 2. The van der Waals surface area contributed by atoms with Crippen LogP contribution in [0.1, 0.15) is 10.4 Å². The maximum atomic E-state index is 12.4. The van der Waals surface area contributed by atoms with E-state index in [9.17, 15) is 9.59 Å². The number of carbonyl (C=O) groups is 1. The summed E-state index contributed by atoms with van der Waals surface area (Å²) in [7, 11) is 0. The van der Waals surface area contributed by atoms with E-state index in [4.69, 9.17) is 11.5 Å². The third-order valence-electron chi connectivity index (χ3n) is 3.84. The van der Waals surface area contributed by atoms with Gasteiger partial charge >= 0.3 is 0 Å². The van der Waals surface area contributed by atoms with Crippen LogP contribution >= 0.6 is 11.3 Å². The van der Waals surface area contributed by atoms with E-state index in [2.05, 4.69) is 4.98 Å². The number of nitrogens with two attached hydrogens (primary N) is 2. The lowest BCUT2D eigenvalue weighted by molar-refractivity contribution is 0.0999. The summed E-state index contributed by atoms with van der Waals surface area (Å²) in [5, 5.41) is 0.933. The number of benzene rings is 2. The Balaban J connectivity index is 2.08. The van der Waals surface area contributed by atoms with Gasteiger partial charge in [0.05, 0.1) is 15.7 Å². The first-order valence-electron chi connectivity index (χ1n) is 7.15. The summed E-state index contributed by atoms with van der Waals surface area (Å²) in [4.78, 5) is 28.3. The second-order valence-corrected chi connectivity index (χ2v) is 6.39. The molecule has 0 spiro atoms. The summed E-state index contributed by atoms with van der Waals surface area (Å²) < 4.78 is 2.71. The molecule has 0 saturated carbocycles. The van der Waals surface area contributed by atoms with Gasteiger partial charge in [0.25, 0.3) is 5.91 Å². The predicted octanol–water partition coefficient (Wildman–Crippen LogP) is 2.28. The van der Waals surface area contributed by atoms with Crippen molar-refractivity contribution in [3.63, 3.8) is 0 Å². The first-order valence-corrected chi connectivity index (χ1v) is 7.97. The SMILES string of the molecule is NC(=O)c1cn(-c2ccc3nc(N)sc3c2)c2ccccc2c1=O. The normalized spacial score (nSPS) is 11.2. The number of pyridine rings is 1. The Kier molecular flexibility index (Phi) is 3.10. The molecular formula is C17H12N4O2S. The number of para-hydroxylation sites is 1. The molecule has 4 aromatic rings. The average Bonchev–Trinajstić information content (AvgIpc) is 2.94. The molecule has 0 saturated heterocycles. The number of hydrogen-bond acceptors (Lipinski definition) is 5. The molecule has 1 amide bonds. The standard InChI is InChI=1S/C17H12N4O2S/c18-16(23)11-8-21(13-4-2-1-3-10(13)15(11)22)9-5-6-12-14(7-9)24-17(19)20-12/h1-8H,(H2,18,23)(H2,19,20). The quantitative estimate of drug-likeness (QED) is 0.586. The van der Waals surface area contributed by atoms with Crippen molar-refractivity contribution in [2.75, 3.05) is 5.73 Å². The second kappa shape index (κ2) is 5.17. The van der Waals surface area contributed by atoms with Crippen LogP contribution in [0.4, 0.5) is 5.13 Å². The molecule has 7 heteroatoms. The van der Waals surface area contributed by atoms with Crippen LogP contribution in [0, 0.1) is 0 Å². The highest BCUT2D eigenvalue weighted by molar-refractivity contribution is 7.22. The van der Waals surface area contributed by atoms with Crippen molar-refractivity contribution in [1.29, 1.82) is 0 Å². The average molecular weight is 336 g/mol. The number of hydrogen-bond donors (Lipinski definition) is 2. The fraction of sp³-hybridized carbons (Fsp3) is 0. The van der Waals surface area contributed by atoms with E-state index >= 15 is 0 Å². The van der Waals surface area contributed by atoms with Crippen LogP contribution in [0.2, 0.25) is 0 Å². The molecule has 0 aliphatic heterocycles. The molecular weight excluding hydrogens is 324 g/mol. The number of primary amides is 1. The molecule has 4 N–H and O–H groups in total. The van der Waals surface area contributed by atoms with Crippen molar-refractivity contribution < 1.29 is 4.79 Å². The summed E-state index contributed by atoms with van der Waals surface area (Å²) in [6.45, 7) is 0. The molecule has 0 atom stereocenters. The van der Waals surface area contributed by atoms with Gasteiger partial charge in [0, 0.05) is 17.3 Å². The van der Waals surface area contributed by atoms with Crippen LogP contribution in [-0.2, 0) is 0 Å². The molecule has 0 fully saturated rings. The Bertz CT molecular complexity index is 1180. The lowest BCUT2D eigenvalue weighted by atomic mass is 10.1. The topological polar surface area (TPSA) is 104 Å². The van der Waals surface area contributed by atoms with Gasteiger partial charge in [-0.3, -0.25) is 9.59 Å². The molecule has 0 bridgehead atoms. The maximum absolute atomic E-state index is 12.4. The monoisotopic (exact) mass is 336 g/mol. The van der Waals surface area contributed by atoms with E-state index < -0.39 is 5.91 Å². The van der Waals surface area contributed by atoms with Gasteiger partial charge in [-0.1, -0.05) is 23.5 Å².